The van der Waals surface area contributed by atoms with Gasteiger partial charge in [0.25, 0.3) is 0 Å². The highest BCUT2D eigenvalue weighted by molar-refractivity contribution is 5.92. The number of carbonyl (C=O) groups is 1. The van der Waals surface area contributed by atoms with Crippen LogP contribution >= 0.6 is 24.8 Å². The van der Waals surface area contributed by atoms with Gasteiger partial charge in [-0.3, -0.25) is 4.79 Å². The predicted octanol–water partition coefficient (Wildman–Crippen LogP) is 3.66. The fourth-order valence-corrected chi connectivity index (χ4v) is 3.55. The van der Waals surface area contributed by atoms with Gasteiger partial charge in [-0.15, -0.1) is 24.8 Å². The van der Waals surface area contributed by atoms with Crippen LogP contribution in [-0.2, 0) is 4.79 Å². The maximum Gasteiger partial charge on any atom is 0.230 e. The minimum absolute atomic E-state index is 0. The number of hydrogen-bond acceptors (Lipinski definition) is 4. The second-order valence-corrected chi connectivity index (χ2v) is 7.04. The molecule has 3 N–H and O–H groups in total. The van der Waals surface area contributed by atoms with Gasteiger partial charge < -0.3 is 16.0 Å². The summed E-state index contributed by atoms with van der Waals surface area (Å²) in [5.41, 5.74) is 7.26. The van der Waals surface area contributed by atoms with Crippen molar-refractivity contribution >= 4 is 36.5 Å². The Bertz CT molecular complexity index is 716. The summed E-state index contributed by atoms with van der Waals surface area (Å²) in [6.45, 7) is 7.29. The van der Waals surface area contributed by atoms with Crippen LogP contribution in [-0.4, -0.2) is 40.2 Å². The predicted molar refractivity (Wildman–Crippen MR) is 118 cm³/mol. The van der Waals surface area contributed by atoms with Gasteiger partial charge in [0.1, 0.15) is 5.82 Å². The summed E-state index contributed by atoms with van der Waals surface area (Å²) in [4.78, 5) is 15.2. The third-order valence-corrected chi connectivity index (χ3v) is 5.41. The Labute approximate surface area is 179 Å². The number of aromatic nitrogens is 2. The fraction of sp³-hybridized carbons (Fsp3) is 0.500. The molecule has 1 aliphatic heterocycles. The number of nitrogens with one attached hydrogen (secondary N) is 1. The lowest BCUT2D eigenvalue weighted by molar-refractivity contribution is -0.120. The Morgan fingerprint density at radius 3 is 2.46 bits per heavy atom. The van der Waals surface area contributed by atoms with Crippen LogP contribution < -0.4 is 11.1 Å². The zero-order chi connectivity index (χ0) is 18.5. The quantitative estimate of drug-likeness (QED) is 0.737. The average Bonchev–Trinajstić information content (AvgIpc) is 3.15. The van der Waals surface area contributed by atoms with Crippen LogP contribution in [0.1, 0.15) is 44.3 Å². The number of likely N-dealkylation sites (tertiary alicyclic amines) is 1. The van der Waals surface area contributed by atoms with E-state index in [1.807, 2.05) is 48.0 Å². The highest BCUT2D eigenvalue weighted by atomic mass is 35.5. The largest absolute Gasteiger partial charge is 0.323 e. The number of halogens is 2. The van der Waals surface area contributed by atoms with Crippen LogP contribution in [0.25, 0.3) is 0 Å². The van der Waals surface area contributed by atoms with E-state index >= 15 is 0 Å². The molecule has 156 valence electrons. The van der Waals surface area contributed by atoms with Crippen molar-refractivity contribution in [3.8, 4) is 0 Å². The number of piperidine rings is 1. The first-order valence-corrected chi connectivity index (χ1v) is 9.47. The van der Waals surface area contributed by atoms with Crippen LogP contribution in [0.5, 0.6) is 0 Å². The number of amides is 1. The number of hydrogen-bond donors (Lipinski definition) is 2. The highest BCUT2D eigenvalue weighted by Crippen LogP contribution is 2.26. The zero-order valence-electron chi connectivity index (χ0n) is 16.5. The molecule has 8 heteroatoms. The normalized spacial score (nSPS) is 17.1. The Hall–Kier alpha value is -1.60. The lowest BCUT2D eigenvalue weighted by Crippen LogP contribution is -2.35. The van der Waals surface area contributed by atoms with Gasteiger partial charge in [0.15, 0.2) is 0 Å². The van der Waals surface area contributed by atoms with E-state index in [4.69, 9.17) is 5.73 Å². The Kier molecular flexibility index (Phi) is 9.96. The summed E-state index contributed by atoms with van der Waals surface area (Å²) in [6, 6.07) is 11.6. The molecule has 1 saturated heterocycles. The number of nitrogens with two attached hydrogens (primary N) is 1. The van der Waals surface area contributed by atoms with Crippen molar-refractivity contribution in [3.05, 3.63) is 48.2 Å². The third-order valence-electron chi connectivity index (χ3n) is 5.41. The molecule has 1 aliphatic rings. The molecule has 0 saturated carbocycles. The van der Waals surface area contributed by atoms with Crippen LogP contribution in [0.15, 0.2) is 42.6 Å². The first-order valence-electron chi connectivity index (χ1n) is 9.47. The molecule has 28 heavy (non-hydrogen) atoms. The van der Waals surface area contributed by atoms with Gasteiger partial charge >= 0.3 is 0 Å². The molecule has 0 bridgehead atoms. The van der Waals surface area contributed by atoms with Gasteiger partial charge in [0, 0.05) is 25.2 Å². The molecule has 2 unspecified atom stereocenters. The molecule has 0 spiro atoms. The number of rotatable bonds is 6. The van der Waals surface area contributed by atoms with Gasteiger partial charge in [-0.05, 0) is 24.9 Å². The van der Waals surface area contributed by atoms with Gasteiger partial charge in [-0.25, -0.2) is 4.68 Å². The smallest absolute Gasteiger partial charge is 0.230 e. The SMILES string of the molecule is CCN1CCC(n2nccc2NC(=O)C(C)C(N)c2ccccc2)CC1.Cl.Cl. The van der Waals surface area contributed by atoms with Crippen molar-refractivity contribution in [2.75, 3.05) is 25.0 Å². The first-order chi connectivity index (χ1) is 12.6. The van der Waals surface area contributed by atoms with E-state index in [1.54, 1.807) is 6.20 Å². The average molecular weight is 428 g/mol. The zero-order valence-corrected chi connectivity index (χ0v) is 18.1. The minimum Gasteiger partial charge on any atom is -0.323 e. The van der Waals surface area contributed by atoms with Gasteiger partial charge in [0.2, 0.25) is 5.91 Å². The van der Waals surface area contributed by atoms with E-state index in [1.165, 1.54) is 0 Å². The van der Waals surface area contributed by atoms with Crippen molar-refractivity contribution in [1.82, 2.24) is 14.7 Å². The van der Waals surface area contributed by atoms with E-state index in [2.05, 4.69) is 22.2 Å². The number of carbonyl (C=O) groups excluding carboxylic acids is 1. The van der Waals surface area contributed by atoms with Crippen molar-refractivity contribution in [1.29, 1.82) is 0 Å². The van der Waals surface area contributed by atoms with Crippen molar-refractivity contribution in [3.63, 3.8) is 0 Å². The van der Waals surface area contributed by atoms with Crippen LogP contribution in [0.3, 0.4) is 0 Å². The molecular weight excluding hydrogens is 397 g/mol. The fourth-order valence-electron chi connectivity index (χ4n) is 3.55. The lowest BCUT2D eigenvalue weighted by Gasteiger charge is -2.32. The molecule has 0 aliphatic carbocycles. The summed E-state index contributed by atoms with van der Waals surface area (Å²) in [6.07, 6.45) is 3.86. The summed E-state index contributed by atoms with van der Waals surface area (Å²) < 4.78 is 1.96. The van der Waals surface area contributed by atoms with Crippen LogP contribution in [0.2, 0.25) is 0 Å². The summed E-state index contributed by atoms with van der Waals surface area (Å²) in [5.74, 6) is 0.355. The highest BCUT2D eigenvalue weighted by Gasteiger charge is 2.25. The van der Waals surface area contributed by atoms with Crippen LogP contribution in [0.4, 0.5) is 5.82 Å². The molecule has 6 nitrogen and oxygen atoms in total. The molecule has 2 heterocycles. The van der Waals surface area contributed by atoms with E-state index in [0.29, 0.717) is 6.04 Å². The summed E-state index contributed by atoms with van der Waals surface area (Å²) in [5, 5.41) is 7.49. The van der Waals surface area contributed by atoms with E-state index in [9.17, 15) is 4.79 Å². The monoisotopic (exact) mass is 427 g/mol. The van der Waals surface area contributed by atoms with Crippen molar-refractivity contribution in [2.45, 2.75) is 38.8 Å². The molecule has 2 aromatic rings. The molecule has 1 fully saturated rings. The second-order valence-electron chi connectivity index (χ2n) is 7.04. The van der Waals surface area contributed by atoms with Crippen molar-refractivity contribution in [2.24, 2.45) is 11.7 Å². The molecule has 3 rings (SSSR count). The maximum atomic E-state index is 12.7. The van der Waals surface area contributed by atoms with Crippen LogP contribution in [0, 0.1) is 5.92 Å². The molecule has 0 radical (unpaired) electrons. The molecular formula is C20H31Cl2N5O. The molecule has 2 atom stereocenters. The van der Waals surface area contributed by atoms with Crippen molar-refractivity contribution < 1.29 is 4.79 Å². The summed E-state index contributed by atoms with van der Waals surface area (Å²) in [7, 11) is 0. The van der Waals surface area contributed by atoms with E-state index in [0.717, 1.165) is 43.9 Å². The standard InChI is InChI=1S/C20H29N5O.2ClH/c1-3-24-13-10-17(11-14-24)25-18(9-12-22-25)23-20(26)15(2)19(21)16-7-5-4-6-8-16;;/h4-9,12,15,17,19H,3,10-11,13-14,21H2,1-2H3,(H,23,26);2*1H. The lowest BCUT2D eigenvalue weighted by atomic mass is 9.95. The third kappa shape index (κ3) is 5.70. The Morgan fingerprint density at radius 2 is 1.86 bits per heavy atom. The van der Waals surface area contributed by atoms with Gasteiger partial charge in [-0.1, -0.05) is 44.2 Å². The summed E-state index contributed by atoms with van der Waals surface area (Å²) >= 11 is 0. The second kappa shape index (κ2) is 11.4. The minimum atomic E-state index is -0.333. The molecule has 1 aromatic heterocycles. The van der Waals surface area contributed by atoms with Gasteiger partial charge in [-0.2, -0.15) is 5.10 Å². The Balaban J connectivity index is 0.00000196. The molecule has 1 aromatic carbocycles. The Morgan fingerprint density at radius 1 is 1.21 bits per heavy atom. The van der Waals surface area contributed by atoms with Gasteiger partial charge in [0.05, 0.1) is 18.2 Å². The number of nitrogens with zero attached hydrogens (tertiary/aromatic N) is 3. The van der Waals surface area contributed by atoms with E-state index in [-0.39, 0.29) is 42.7 Å². The first kappa shape index (κ1) is 24.4. The maximum absolute atomic E-state index is 12.7. The topological polar surface area (TPSA) is 76.2 Å². The van der Waals surface area contributed by atoms with E-state index < -0.39 is 0 Å². The number of anilines is 1. The number of benzene rings is 1. The molecule has 1 amide bonds.